The largest absolute Gasteiger partial charge is 0.497 e. The van der Waals surface area contributed by atoms with E-state index in [-0.39, 0.29) is 17.2 Å². The van der Waals surface area contributed by atoms with E-state index in [0.29, 0.717) is 38.8 Å². The first-order valence-electron chi connectivity index (χ1n) is 11.8. The van der Waals surface area contributed by atoms with Crippen LogP contribution in [0.3, 0.4) is 0 Å². The van der Waals surface area contributed by atoms with Crippen molar-refractivity contribution in [3.05, 3.63) is 98.3 Å². The normalized spacial score (nSPS) is 13.2. The molecule has 1 aliphatic heterocycles. The standard InChI is InChI=1S/C27H24N4O5S/c1-36-22-6-4-5-21(16-22)30-26(33)23-12-9-19(25(32)29-13-2-3-14-29)15-24(23)28-27(30)37-17-18-7-10-20(11-8-18)31(34)35/h4-12,15-16H,2-3,13-14,17H2,1H3. The third-order valence-corrected chi connectivity index (χ3v) is 7.32. The van der Waals surface area contributed by atoms with Gasteiger partial charge in [-0.15, -0.1) is 0 Å². The molecule has 0 radical (unpaired) electrons. The number of aromatic nitrogens is 2. The van der Waals surface area contributed by atoms with Crippen molar-refractivity contribution >= 4 is 34.3 Å². The number of likely N-dealkylation sites (tertiary alicyclic amines) is 1. The zero-order chi connectivity index (χ0) is 25.9. The fourth-order valence-corrected chi connectivity index (χ4v) is 5.31. The van der Waals surface area contributed by atoms with Crippen LogP contribution in [0.2, 0.25) is 0 Å². The third kappa shape index (κ3) is 5.05. The Morgan fingerprint density at radius 1 is 1.08 bits per heavy atom. The molecule has 1 saturated heterocycles. The second-order valence-electron chi connectivity index (χ2n) is 8.68. The number of amides is 1. The molecule has 1 amide bonds. The summed E-state index contributed by atoms with van der Waals surface area (Å²) in [5.74, 6) is 0.979. The molecule has 0 atom stereocenters. The summed E-state index contributed by atoms with van der Waals surface area (Å²) in [4.78, 5) is 43.8. The fourth-order valence-electron chi connectivity index (χ4n) is 4.34. The highest BCUT2D eigenvalue weighted by atomic mass is 32.2. The van der Waals surface area contributed by atoms with Gasteiger partial charge in [0.2, 0.25) is 0 Å². The minimum absolute atomic E-state index is 0.0149. The van der Waals surface area contributed by atoms with E-state index in [1.165, 1.54) is 28.5 Å². The Balaban J connectivity index is 1.57. The quantitative estimate of drug-likeness (QED) is 0.150. The maximum atomic E-state index is 13.7. The van der Waals surface area contributed by atoms with Gasteiger partial charge in [0.1, 0.15) is 5.75 Å². The summed E-state index contributed by atoms with van der Waals surface area (Å²) in [7, 11) is 1.56. The molecule has 0 N–H and O–H groups in total. The molecule has 5 rings (SSSR count). The Bertz CT molecular complexity index is 1550. The van der Waals surface area contributed by atoms with Gasteiger partial charge in [-0.25, -0.2) is 4.98 Å². The molecule has 9 nitrogen and oxygen atoms in total. The summed E-state index contributed by atoms with van der Waals surface area (Å²) in [6.07, 6.45) is 1.98. The molecule has 0 unspecified atom stereocenters. The van der Waals surface area contributed by atoms with Crippen molar-refractivity contribution in [1.29, 1.82) is 0 Å². The average Bonchev–Trinajstić information content (AvgIpc) is 3.46. The summed E-state index contributed by atoms with van der Waals surface area (Å²) in [6, 6.07) is 18.5. The summed E-state index contributed by atoms with van der Waals surface area (Å²) in [5, 5.41) is 11.8. The van der Waals surface area contributed by atoms with Crippen molar-refractivity contribution in [2.45, 2.75) is 23.8 Å². The van der Waals surface area contributed by atoms with Crippen molar-refractivity contribution < 1.29 is 14.5 Å². The zero-order valence-electron chi connectivity index (χ0n) is 20.1. The molecule has 188 valence electrons. The molecule has 3 aromatic carbocycles. The first-order valence-corrected chi connectivity index (χ1v) is 12.8. The van der Waals surface area contributed by atoms with E-state index in [4.69, 9.17) is 9.72 Å². The van der Waals surface area contributed by atoms with E-state index in [2.05, 4.69) is 0 Å². The molecule has 1 aromatic heterocycles. The minimum Gasteiger partial charge on any atom is -0.497 e. The van der Waals surface area contributed by atoms with Crippen LogP contribution < -0.4 is 10.3 Å². The highest BCUT2D eigenvalue weighted by Crippen LogP contribution is 2.27. The molecule has 1 aliphatic rings. The summed E-state index contributed by atoms with van der Waals surface area (Å²) < 4.78 is 6.89. The summed E-state index contributed by atoms with van der Waals surface area (Å²) in [5.41, 5.74) is 2.15. The highest BCUT2D eigenvalue weighted by Gasteiger charge is 2.21. The van der Waals surface area contributed by atoms with E-state index in [0.717, 1.165) is 31.5 Å². The number of ether oxygens (including phenoxy) is 1. The number of carbonyl (C=O) groups excluding carboxylic acids is 1. The lowest BCUT2D eigenvalue weighted by atomic mass is 10.1. The number of rotatable bonds is 7. The maximum absolute atomic E-state index is 13.7. The Kier molecular flexibility index (Phi) is 6.91. The average molecular weight is 517 g/mol. The van der Waals surface area contributed by atoms with Gasteiger partial charge in [0, 0.05) is 42.6 Å². The second-order valence-corrected chi connectivity index (χ2v) is 9.62. The predicted molar refractivity (Wildman–Crippen MR) is 142 cm³/mol. The van der Waals surface area contributed by atoms with Gasteiger partial charge in [0.05, 0.1) is 28.6 Å². The first-order chi connectivity index (χ1) is 17.9. The lowest BCUT2D eigenvalue weighted by molar-refractivity contribution is -0.384. The number of carbonyl (C=O) groups is 1. The molecule has 0 saturated carbocycles. The molecule has 4 aromatic rings. The van der Waals surface area contributed by atoms with E-state index in [1.807, 2.05) is 4.90 Å². The molecule has 10 heteroatoms. The minimum atomic E-state index is -0.441. The van der Waals surface area contributed by atoms with Crippen molar-refractivity contribution in [2.75, 3.05) is 20.2 Å². The molecule has 0 aliphatic carbocycles. The number of thioether (sulfide) groups is 1. The van der Waals surface area contributed by atoms with Crippen LogP contribution >= 0.6 is 11.8 Å². The SMILES string of the molecule is COc1cccc(-n2c(SCc3ccc([N+](=O)[O-])cc3)nc3cc(C(=O)N4CCCC4)ccc3c2=O)c1. The van der Waals surface area contributed by atoms with Gasteiger partial charge in [-0.05, 0) is 48.7 Å². The number of non-ortho nitro benzene ring substituents is 1. The number of nitro groups is 1. The number of benzene rings is 3. The lowest BCUT2D eigenvalue weighted by Crippen LogP contribution is -2.28. The van der Waals surface area contributed by atoms with Gasteiger partial charge in [0.15, 0.2) is 5.16 Å². The van der Waals surface area contributed by atoms with Crippen LogP contribution in [0.1, 0.15) is 28.8 Å². The number of fused-ring (bicyclic) bond motifs is 1. The number of methoxy groups -OCH3 is 1. The van der Waals surface area contributed by atoms with Crippen LogP contribution in [0, 0.1) is 10.1 Å². The smallest absolute Gasteiger partial charge is 0.269 e. The molecule has 37 heavy (non-hydrogen) atoms. The van der Waals surface area contributed by atoms with Crippen LogP contribution in [-0.2, 0) is 5.75 Å². The number of nitro benzene ring substituents is 1. The van der Waals surface area contributed by atoms with Gasteiger partial charge >= 0.3 is 0 Å². The molecule has 0 bridgehead atoms. The van der Waals surface area contributed by atoms with Crippen LogP contribution in [0.4, 0.5) is 5.69 Å². The van der Waals surface area contributed by atoms with Crippen molar-refractivity contribution in [3.63, 3.8) is 0 Å². The zero-order valence-corrected chi connectivity index (χ0v) is 20.9. The Morgan fingerprint density at radius 3 is 2.54 bits per heavy atom. The lowest BCUT2D eigenvalue weighted by Gasteiger charge is -2.17. The third-order valence-electron chi connectivity index (χ3n) is 6.31. The van der Waals surface area contributed by atoms with Crippen molar-refractivity contribution in [2.24, 2.45) is 0 Å². The van der Waals surface area contributed by atoms with Gasteiger partial charge in [-0.3, -0.25) is 24.3 Å². The monoisotopic (exact) mass is 516 g/mol. The van der Waals surface area contributed by atoms with Crippen LogP contribution in [0.5, 0.6) is 5.75 Å². The Labute approximate surface area is 216 Å². The fraction of sp³-hybridized carbons (Fsp3) is 0.222. The second kappa shape index (κ2) is 10.4. The Morgan fingerprint density at radius 2 is 1.84 bits per heavy atom. The van der Waals surface area contributed by atoms with Crippen LogP contribution in [0.15, 0.2) is 76.7 Å². The van der Waals surface area contributed by atoms with Gasteiger partial charge in [-0.2, -0.15) is 0 Å². The maximum Gasteiger partial charge on any atom is 0.269 e. The van der Waals surface area contributed by atoms with Crippen molar-refractivity contribution in [3.8, 4) is 11.4 Å². The number of hydrogen-bond acceptors (Lipinski definition) is 7. The predicted octanol–water partition coefficient (Wildman–Crippen LogP) is 4.83. The van der Waals surface area contributed by atoms with E-state index in [9.17, 15) is 19.7 Å². The van der Waals surface area contributed by atoms with Crippen LogP contribution in [-0.4, -0.2) is 45.5 Å². The van der Waals surface area contributed by atoms with Gasteiger partial charge in [0.25, 0.3) is 17.2 Å². The highest BCUT2D eigenvalue weighted by molar-refractivity contribution is 7.98. The van der Waals surface area contributed by atoms with Crippen LogP contribution in [0.25, 0.3) is 16.6 Å². The Hall–Kier alpha value is -4.18. The number of hydrogen-bond donors (Lipinski definition) is 0. The summed E-state index contributed by atoms with van der Waals surface area (Å²) >= 11 is 1.34. The van der Waals surface area contributed by atoms with Crippen molar-refractivity contribution in [1.82, 2.24) is 14.5 Å². The van der Waals surface area contributed by atoms with Gasteiger partial charge in [-0.1, -0.05) is 30.0 Å². The molecule has 0 spiro atoms. The molecular weight excluding hydrogens is 492 g/mol. The van der Waals surface area contributed by atoms with Gasteiger partial charge < -0.3 is 9.64 Å². The molecule has 2 heterocycles. The number of nitrogens with zero attached hydrogens (tertiary/aromatic N) is 4. The van der Waals surface area contributed by atoms with E-state index >= 15 is 0 Å². The van der Waals surface area contributed by atoms with E-state index < -0.39 is 4.92 Å². The summed E-state index contributed by atoms with van der Waals surface area (Å²) in [6.45, 7) is 1.47. The topological polar surface area (TPSA) is 108 Å². The van der Waals surface area contributed by atoms with E-state index in [1.54, 1.807) is 61.7 Å². The molecular formula is C27H24N4O5S. The first kappa shape index (κ1) is 24.5. The molecule has 1 fully saturated rings.